The number of carbonyl (C=O) groups is 2. The normalized spacial score (nSPS) is 17.0. The van der Waals surface area contributed by atoms with Gasteiger partial charge in [-0.2, -0.15) is 0 Å². The molecule has 2 aliphatic heterocycles. The van der Waals surface area contributed by atoms with Crippen LogP contribution in [0.2, 0.25) is 0 Å². The number of carbonyl (C=O) groups excluding carboxylic acids is 2. The number of benzene rings is 1. The number of rotatable bonds is 4. The van der Waals surface area contributed by atoms with Crippen LogP contribution in [0.25, 0.3) is 11.0 Å². The Morgan fingerprint density at radius 3 is 2.62 bits per heavy atom. The number of hydrogen-bond donors (Lipinski definition) is 2. The Hall–Kier alpha value is -3.95. The molecule has 2 aliphatic rings. The van der Waals surface area contributed by atoms with Gasteiger partial charge in [0.25, 0.3) is 17.4 Å². The topological polar surface area (TPSA) is 114 Å². The molecular weight excluding hydrogens is 443 g/mol. The van der Waals surface area contributed by atoms with Gasteiger partial charge in [-0.05, 0) is 30.5 Å². The third kappa shape index (κ3) is 3.55. The minimum Gasteiger partial charge on any atom is -0.505 e. The Labute approximate surface area is 193 Å². The second-order valence-electron chi connectivity index (χ2n) is 8.47. The lowest BCUT2D eigenvalue weighted by Gasteiger charge is -2.31. The SMILES string of the molecule is CNC(=O)c1c(O)c2ncc(Cc3ccc(F)cc3)c3c2n(c1=O)CC(C(=O)N1CCCC1)O3. The Morgan fingerprint density at radius 1 is 1.24 bits per heavy atom. The van der Waals surface area contributed by atoms with Gasteiger partial charge in [0.2, 0.25) is 0 Å². The number of aromatic nitrogens is 2. The van der Waals surface area contributed by atoms with Crippen LogP contribution in [0.3, 0.4) is 0 Å². The summed E-state index contributed by atoms with van der Waals surface area (Å²) in [6.07, 6.45) is 2.61. The Kier molecular flexibility index (Phi) is 5.43. The van der Waals surface area contributed by atoms with Crippen molar-refractivity contribution in [3.63, 3.8) is 0 Å². The molecule has 1 atom stereocenters. The number of amides is 2. The van der Waals surface area contributed by atoms with E-state index >= 15 is 0 Å². The predicted octanol–water partition coefficient (Wildman–Crippen LogP) is 1.57. The number of pyridine rings is 2. The van der Waals surface area contributed by atoms with Gasteiger partial charge in [0.1, 0.15) is 22.4 Å². The molecule has 0 spiro atoms. The molecule has 1 aromatic carbocycles. The minimum absolute atomic E-state index is 0.0307. The van der Waals surface area contributed by atoms with Gasteiger partial charge >= 0.3 is 0 Å². The third-order valence-electron chi connectivity index (χ3n) is 6.33. The highest BCUT2D eigenvalue weighted by Gasteiger charge is 2.36. The van der Waals surface area contributed by atoms with Gasteiger partial charge < -0.3 is 20.1 Å². The molecule has 1 unspecified atom stereocenters. The maximum absolute atomic E-state index is 13.4. The van der Waals surface area contributed by atoms with Crippen LogP contribution in [0, 0.1) is 5.82 Å². The largest absolute Gasteiger partial charge is 0.505 e. The highest BCUT2D eigenvalue weighted by molar-refractivity contribution is 6.02. The van der Waals surface area contributed by atoms with Crippen molar-refractivity contribution in [1.82, 2.24) is 19.8 Å². The van der Waals surface area contributed by atoms with Crippen LogP contribution in [0.15, 0.2) is 35.3 Å². The van der Waals surface area contributed by atoms with Gasteiger partial charge in [0.15, 0.2) is 17.6 Å². The minimum atomic E-state index is -0.969. The molecule has 0 bridgehead atoms. The van der Waals surface area contributed by atoms with Crippen molar-refractivity contribution in [2.75, 3.05) is 20.1 Å². The lowest BCUT2D eigenvalue weighted by molar-refractivity contribution is -0.138. The highest BCUT2D eigenvalue weighted by Crippen LogP contribution is 2.38. The lowest BCUT2D eigenvalue weighted by atomic mass is 10.0. The molecule has 0 aliphatic carbocycles. The average Bonchev–Trinajstić information content (AvgIpc) is 3.38. The molecule has 5 rings (SSSR count). The monoisotopic (exact) mass is 466 g/mol. The Morgan fingerprint density at radius 2 is 1.94 bits per heavy atom. The number of nitrogens with one attached hydrogen (secondary N) is 1. The maximum Gasteiger partial charge on any atom is 0.268 e. The Balaban J connectivity index is 1.69. The van der Waals surface area contributed by atoms with E-state index in [-0.39, 0.29) is 35.1 Å². The summed E-state index contributed by atoms with van der Waals surface area (Å²) in [6.45, 7) is 1.13. The van der Waals surface area contributed by atoms with E-state index in [1.807, 2.05) is 0 Å². The van der Waals surface area contributed by atoms with E-state index in [1.165, 1.54) is 29.9 Å². The number of aromatic hydroxyl groups is 1. The number of hydrogen-bond acceptors (Lipinski definition) is 6. The molecular formula is C24H23FN4O5. The first-order valence-electron chi connectivity index (χ1n) is 11.1. The zero-order valence-corrected chi connectivity index (χ0v) is 18.5. The van der Waals surface area contributed by atoms with Crippen LogP contribution in [0.1, 0.15) is 34.3 Å². The molecule has 2 N–H and O–H groups in total. The fourth-order valence-electron chi connectivity index (χ4n) is 4.60. The smallest absolute Gasteiger partial charge is 0.268 e. The van der Waals surface area contributed by atoms with E-state index in [0.29, 0.717) is 25.1 Å². The van der Waals surface area contributed by atoms with Crippen LogP contribution in [-0.2, 0) is 17.8 Å². The van der Waals surface area contributed by atoms with E-state index < -0.39 is 28.9 Å². The second-order valence-corrected chi connectivity index (χ2v) is 8.47. The van der Waals surface area contributed by atoms with Crippen molar-refractivity contribution in [3.05, 3.63) is 63.3 Å². The highest BCUT2D eigenvalue weighted by atomic mass is 19.1. The molecule has 3 aromatic rings. The number of halogens is 1. The molecule has 4 heterocycles. The van der Waals surface area contributed by atoms with Gasteiger partial charge in [-0.3, -0.25) is 23.9 Å². The second kappa shape index (κ2) is 8.44. The van der Waals surface area contributed by atoms with Crippen molar-refractivity contribution in [1.29, 1.82) is 0 Å². The van der Waals surface area contributed by atoms with Crippen molar-refractivity contribution in [2.45, 2.75) is 31.9 Å². The Bertz CT molecular complexity index is 1360. The number of nitrogens with zero attached hydrogens (tertiary/aromatic N) is 3. The summed E-state index contributed by atoms with van der Waals surface area (Å²) < 4.78 is 20.8. The zero-order chi connectivity index (χ0) is 24.0. The molecule has 176 valence electrons. The fraction of sp³-hybridized carbons (Fsp3) is 0.333. The molecule has 2 amide bonds. The number of ether oxygens (including phenoxy) is 1. The van der Waals surface area contributed by atoms with E-state index in [2.05, 4.69) is 10.3 Å². The summed E-state index contributed by atoms with van der Waals surface area (Å²) in [5, 5.41) is 13.1. The molecule has 34 heavy (non-hydrogen) atoms. The molecule has 10 heteroatoms. The first kappa shape index (κ1) is 21.9. The first-order valence-corrected chi connectivity index (χ1v) is 11.1. The maximum atomic E-state index is 13.4. The summed E-state index contributed by atoms with van der Waals surface area (Å²) >= 11 is 0. The number of likely N-dealkylation sites (tertiary alicyclic amines) is 1. The zero-order valence-electron chi connectivity index (χ0n) is 18.5. The summed E-state index contributed by atoms with van der Waals surface area (Å²) in [5.41, 5.74) is 0.431. The van der Waals surface area contributed by atoms with Crippen molar-refractivity contribution >= 4 is 22.8 Å². The van der Waals surface area contributed by atoms with Crippen molar-refractivity contribution < 1.29 is 23.8 Å². The molecule has 0 saturated carbocycles. The van der Waals surface area contributed by atoms with E-state index in [1.54, 1.807) is 17.0 Å². The van der Waals surface area contributed by atoms with Gasteiger partial charge in [0, 0.05) is 38.3 Å². The van der Waals surface area contributed by atoms with Crippen LogP contribution in [0.5, 0.6) is 11.5 Å². The van der Waals surface area contributed by atoms with Crippen LogP contribution < -0.4 is 15.6 Å². The summed E-state index contributed by atoms with van der Waals surface area (Å²) in [7, 11) is 1.36. The summed E-state index contributed by atoms with van der Waals surface area (Å²) in [5.74, 6) is -1.65. The van der Waals surface area contributed by atoms with E-state index in [9.17, 15) is 23.9 Å². The van der Waals surface area contributed by atoms with Gasteiger partial charge in [0.05, 0.1) is 6.54 Å². The molecule has 0 radical (unpaired) electrons. The third-order valence-corrected chi connectivity index (χ3v) is 6.33. The fourth-order valence-corrected chi connectivity index (χ4v) is 4.60. The summed E-state index contributed by atoms with van der Waals surface area (Å²) in [4.78, 5) is 44.9. The standard InChI is InChI=1S/C24H23FN4O5/c1-26-22(31)17-20(30)18-19-21(14(11-27-18)10-13-4-6-15(25)7-5-13)34-16(12-29(19)24(17)33)23(32)28-8-2-3-9-28/h4-7,11,16,30H,2-3,8-10,12H2,1H3,(H,26,31). The van der Waals surface area contributed by atoms with Crippen LogP contribution in [-0.4, -0.2) is 57.6 Å². The van der Waals surface area contributed by atoms with E-state index in [4.69, 9.17) is 4.74 Å². The first-order chi connectivity index (χ1) is 16.4. The average molecular weight is 466 g/mol. The van der Waals surface area contributed by atoms with Crippen LogP contribution >= 0.6 is 0 Å². The van der Waals surface area contributed by atoms with Gasteiger partial charge in [-0.25, -0.2) is 4.39 Å². The quantitative estimate of drug-likeness (QED) is 0.604. The van der Waals surface area contributed by atoms with Crippen molar-refractivity contribution in [2.24, 2.45) is 0 Å². The summed E-state index contributed by atoms with van der Waals surface area (Å²) in [6, 6.07) is 5.93. The lowest BCUT2D eigenvalue weighted by Crippen LogP contribution is -2.47. The van der Waals surface area contributed by atoms with Crippen molar-refractivity contribution in [3.8, 4) is 11.5 Å². The van der Waals surface area contributed by atoms with Gasteiger partial charge in [-0.1, -0.05) is 12.1 Å². The van der Waals surface area contributed by atoms with Gasteiger partial charge in [-0.15, -0.1) is 0 Å². The predicted molar refractivity (Wildman–Crippen MR) is 120 cm³/mol. The van der Waals surface area contributed by atoms with E-state index in [0.717, 1.165) is 18.4 Å². The molecule has 2 aromatic heterocycles. The molecule has 1 fully saturated rings. The van der Waals surface area contributed by atoms with Crippen LogP contribution in [0.4, 0.5) is 4.39 Å². The molecule has 1 saturated heterocycles. The molecule has 9 nitrogen and oxygen atoms in total.